The predicted molar refractivity (Wildman–Crippen MR) is 35.1 cm³/mol. The first-order valence-corrected chi connectivity index (χ1v) is 3.87. The molecular formula is C7H11F3N. The van der Waals surface area contributed by atoms with E-state index in [1.807, 2.05) is 0 Å². The highest BCUT2D eigenvalue weighted by Crippen LogP contribution is 2.23. The van der Waals surface area contributed by atoms with E-state index < -0.39 is 12.3 Å². The first-order valence-electron chi connectivity index (χ1n) is 3.87. The zero-order chi connectivity index (χ0) is 8.32. The molecule has 0 saturated heterocycles. The third-order valence-corrected chi connectivity index (χ3v) is 1.90. The van der Waals surface area contributed by atoms with Crippen molar-refractivity contribution in [1.29, 1.82) is 0 Å². The fourth-order valence-corrected chi connectivity index (χ4v) is 1.42. The Hall–Kier alpha value is -0.250. The zero-order valence-corrected chi connectivity index (χ0v) is 6.19. The van der Waals surface area contributed by atoms with Crippen molar-refractivity contribution in [2.24, 2.45) is 0 Å². The molecule has 0 heterocycles. The Morgan fingerprint density at radius 1 is 1.00 bits per heavy atom. The highest BCUT2D eigenvalue weighted by Gasteiger charge is 2.33. The van der Waals surface area contributed by atoms with Crippen LogP contribution in [-0.2, 0) is 0 Å². The number of hydrogen-bond acceptors (Lipinski definition) is 0. The van der Waals surface area contributed by atoms with Crippen LogP contribution in [0, 0.1) is 0 Å². The van der Waals surface area contributed by atoms with Gasteiger partial charge in [-0.25, -0.2) is 0 Å². The van der Waals surface area contributed by atoms with E-state index in [2.05, 4.69) is 5.32 Å². The summed E-state index contributed by atoms with van der Waals surface area (Å²) >= 11 is 0. The predicted octanol–water partition coefficient (Wildman–Crippen LogP) is 2.44. The number of rotatable bonds is 1. The molecule has 1 aliphatic carbocycles. The largest absolute Gasteiger partial charge is 0.473 e. The average Bonchev–Trinajstić information content (AvgIpc) is 1.85. The summed E-state index contributed by atoms with van der Waals surface area (Å²) in [7, 11) is 0. The molecule has 1 fully saturated rings. The molecule has 1 aliphatic rings. The molecule has 0 aromatic heterocycles. The van der Waals surface area contributed by atoms with Gasteiger partial charge in [-0.15, -0.1) is 5.32 Å². The van der Waals surface area contributed by atoms with Crippen LogP contribution < -0.4 is 5.32 Å². The van der Waals surface area contributed by atoms with Gasteiger partial charge in [0.25, 0.3) is 0 Å². The first kappa shape index (κ1) is 8.84. The van der Waals surface area contributed by atoms with Crippen LogP contribution in [0.4, 0.5) is 13.2 Å². The molecule has 0 unspecified atom stereocenters. The van der Waals surface area contributed by atoms with Crippen LogP contribution >= 0.6 is 0 Å². The molecule has 0 aromatic rings. The number of hydrogen-bond donors (Lipinski definition) is 0. The molecule has 1 radical (unpaired) electrons. The molecule has 0 atom stereocenters. The maximum absolute atomic E-state index is 11.7. The van der Waals surface area contributed by atoms with Crippen molar-refractivity contribution < 1.29 is 13.2 Å². The van der Waals surface area contributed by atoms with E-state index in [0.29, 0.717) is 12.8 Å². The quantitative estimate of drug-likeness (QED) is 0.531. The average molecular weight is 166 g/mol. The van der Waals surface area contributed by atoms with Gasteiger partial charge in [0.15, 0.2) is 0 Å². The summed E-state index contributed by atoms with van der Waals surface area (Å²) < 4.78 is 35.0. The molecule has 0 spiro atoms. The highest BCUT2D eigenvalue weighted by atomic mass is 19.4. The molecule has 4 heteroatoms. The SMILES string of the molecule is FC(F)(F)[N]C1CCCCC1. The molecule has 0 bridgehead atoms. The molecule has 1 saturated carbocycles. The van der Waals surface area contributed by atoms with Crippen LogP contribution in [0.1, 0.15) is 32.1 Å². The Morgan fingerprint density at radius 3 is 2.00 bits per heavy atom. The van der Waals surface area contributed by atoms with E-state index in [-0.39, 0.29) is 0 Å². The van der Waals surface area contributed by atoms with Gasteiger partial charge in [0, 0.05) is 6.04 Å². The number of alkyl halides is 3. The first-order chi connectivity index (χ1) is 5.08. The lowest BCUT2D eigenvalue weighted by Crippen LogP contribution is -2.35. The second-order valence-corrected chi connectivity index (χ2v) is 2.89. The molecule has 65 valence electrons. The van der Waals surface area contributed by atoms with Gasteiger partial charge in [0.05, 0.1) is 0 Å². The minimum absolute atomic E-state index is 0.455. The second-order valence-electron chi connectivity index (χ2n) is 2.89. The third kappa shape index (κ3) is 3.60. The fraction of sp³-hybridized carbons (Fsp3) is 1.00. The van der Waals surface area contributed by atoms with Crippen molar-refractivity contribution in [3.8, 4) is 0 Å². The van der Waals surface area contributed by atoms with E-state index in [4.69, 9.17) is 0 Å². The van der Waals surface area contributed by atoms with Crippen molar-refractivity contribution in [2.75, 3.05) is 0 Å². The maximum atomic E-state index is 11.7. The lowest BCUT2D eigenvalue weighted by atomic mass is 9.96. The van der Waals surface area contributed by atoms with Crippen LogP contribution in [0.25, 0.3) is 0 Å². The van der Waals surface area contributed by atoms with Crippen molar-refractivity contribution in [3.05, 3.63) is 0 Å². The topological polar surface area (TPSA) is 14.1 Å². The third-order valence-electron chi connectivity index (χ3n) is 1.90. The summed E-state index contributed by atoms with van der Waals surface area (Å²) in [6.45, 7) is 0. The van der Waals surface area contributed by atoms with Gasteiger partial charge in [-0.2, -0.15) is 13.2 Å². The lowest BCUT2D eigenvalue weighted by molar-refractivity contribution is -0.169. The normalized spacial score (nSPS) is 22.1. The van der Waals surface area contributed by atoms with Crippen molar-refractivity contribution >= 4 is 0 Å². The summed E-state index contributed by atoms with van der Waals surface area (Å²) in [6, 6.07) is -0.455. The van der Waals surface area contributed by atoms with Crippen LogP contribution in [-0.4, -0.2) is 12.3 Å². The van der Waals surface area contributed by atoms with E-state index >= 15 is 0 Å². The summed E-state index contributed by atoms with van der Waals surface area (Å²) in [5.41, 5.74) is 0. The lowest BCUT2D eigenvalue weighted by Gasteiger charge is -2.21. The zero-order valence-electron chi connectivity index (χ0n) is 6.19. The summed E-state index contributed by atoms with van der Waals surface area (Å²) in [4.78, 5) is 0. The van der Waals surface area contributed by atoms with E-state index in [9.17, 15) is 13.2 Å². The molecule has 0 amide bonds. The minimum atomic E-state index is -4.32. The summed E-state index contributed by atoms with van der Waals surface area (Å²) in [5.74, 6) is 0. The Morgan fingerprint density at radius 2 is 1.55 bits per heavy atom. The molecule has 1 nitrogen and oxygen atoms in total. The smallest absolute Gasteiger partial charge is 0.154 e. The highest BCUT2D eigenvalue weighted by molar-refractivity contribution is 4.72. The minimum Gasteiger partial charge on any atom is -0.154 e. The van der Waals surface area contributed by atoms with Crippen LogP contribution in [0.3, 0.4) is 0 Å². The molecule has 1 rings (SSSR count). The Labute approximate surface area is 64.0 Å². The van der Waals surface area contributed by atoms with E-state index in [1.165, 1.54) is 0 Å². The Bertz CT molecular complexity index is 115. The van der Waals surface area contributed by atoms with Gasteiger partial charge >= 0.3 is 6.30 Å². The van der Waals surface area contributed by atoms with Gasteiger partial charge in [0.1, 0.15) is 0 Å². The number of halogens is 3. The standard InChI is InChI=1S/C7H11F3N/c8-7(9,10)11-6-4-2-1-3-5-6/h6H,1-5H2. The fourth-order valence-electron chi connectivity index (χ4n) is 1.42. The monoisotopic (exact) mass is 166 g/mol. The van der Waals surface area contributed by atoms with E-state index in [0.717, 1.165) is 19.3 Å². The molecule has 0 N–H and O–H groups in total. The summed E-state index contributed by atoms with van der Waals surface area (Å²) in [6.07, 6.45) is -0.251. The van der Waals surface area contributed by atoms with Gasteiger partial charge in [0.2, 0.25) is 0 Å². The second kappa shape index (κ2) is 3.43. The van der Waals surface area contributed by atoms with Crippen LogP contribution in [0.5, 0.6) is 0 Å². The van der Waals surface area contributed by atoms with Crippen LogP contribution in [0.15, 0.2) is 0 Å². The number of nitrogens with zero attached hydrogens (tertiary/aromatic N) is 1. The molecule has 0 aliphatic heterocycles. The maximum Gasteiger partial charge on any atom is 0.473 e. The molecular weight excluding hydrogens is 155 g/mol. The van der Waals surface area contributed by atoms with Gasteiger partial charge in [-0.05, 0) is 12.8 Å². The Balaban J connectivity index is 2.24. The van der Waals surface area contributed by atoms with Gasteiger partial charge in [-0.1, -0.05) is 19.3 Å². The summed E-state index contributed by atoms with van der Waals surface area (Å²) in [5, 5.41) is 2.77. The van der Waals surface area contributed by atoms with Gasteiger partial charge < -0.3 is 0 Å². The van der Waals surface area contributed by atoms with Crippen LogP contribution in [0.2, 0.25) is 0 Å². The van der Waals surface area contributed by atoms with Crippen molar-refractivity contribution in [2.45, 2.75) is 44.4 Å². The van der Waals surface area contributed by atoms with E-state index in [1.54, 1.807) is 0 Å². The molecule has 11 heavy (non-hydrogen) atoms. The van der Waals surface area contributed by atoms with Crippen molar-refractivity contribution in [3.63, 3.8) is 0 Å². The van der Waals surface area contributed by atoms with Gasteiger partial charge in [-0.3, -0.25) is 0 Å². The Kier molecular flexibility index (Phi) is 2.76. The molecule has 0 aromatic carbocycles. The van der Waals surface area contributed by atoms with Crippen molar-refractivity contribution in [1.82, 2.24) is 5.32 Å².